The number of fused-ring (bicyclic) bond motifs is 3. The molecule has 0 bridgehead atoms. The first kappa shape index (κ1) is 15.7. The zero-order valence-corrected chi connectivity index (χ0v) is 16.0. The highest BCUT2D eigenvalue weighted by molar-refractivity contribution is 7.19. The SMILES string of the molecule is CCOc1c2cc3sc(C)cc3cc2c(OCC)c2sc(C)cc12. The molecule has 0 saturated heterocycles. The van der Waals surface area contributed by atoms with E-state index in [0.717, 1.165) is 22.3 Å². The predicted octanol–water partition coefficient (Wildman–Crippen LogP) is 6.68. The molecule has 0 radical (unpaired) electrons. The van der Waals surface area contributed by atoms with E-state index in [0.29, 0.717) is 13.2 Å². The van der Waals surface area contributed by atoms with Gasteiger partial charge in [0.05, 0.1) is 17.9 Å². The number of aryl methyl sites for hydroxylation is 2. The van der Waals surface area contributed by atoms with Crippen LogP contribution in [0.4, 0.5) is 0 Å². The molecule has 2 nitrogen and oxygen atoms in total. The zero-order valence-electron chi connectivity index (χ0n) is 14.4. The van der Waals surface area contributed by atoms with E-state index in [-0.39, 0.29) is 0 Å². The number of hydrogen-bond donors (Lipinski definition) is 0. The summed E-state index contributed by atoms with van der Waals surface area (Å²) in [6, 6.07) is 8.99. The lowest BCUT2D eigenvalue weighted by molar-refractivity contribution is 0.343. The fourth-order valence-corrected chi connectivity index (χ4v) is 5.27. The Morgan fingerprint density at radius 3 is 2.17 bits per heavy atom. The van der Waals surface area contributed by atoms with Crippen LogP contribution in [0.25, 0.3) is 30.9 Å². The summed E-state index contributed by atoms with van der Waals surface area (Å²) in [7, 11) is 0. The van der Waals surface area contributed by atoms with Gasteiger partial charge in [0.1, 0.15) is 11.5 Å². The van der Waals surface area contributed by atoms with Crippen molar-refractivity contribution < 1.29 is 9.47 Å². The van der Waals surface area contributed by atoms with Crippen LogP contribution in [0.3, 0.4) is 0 Å². The van der Waals surface area contributed by atoms with E-state index in [9.17, 15) is 0 Å². The maximum Gasteiger partial charge on any atom is 0.145 e. The second kappa shape index (κ2) is 5.94. The Kier molecular flexibility index (Phi) is 3.89. The molecule has 0 aliphatic heterocycles. The Balaban J connectivity index is 2.21. The van der Waals surface area contributed by atoms with Gasteiger partial charge in [-0.3, -0.25) is 0 Å². The van der Waals surface area contributed by atoms with Crippen LogP contribution in [0.5, 0.6) is 11.5 Å². The van der Waals surface area contributed by atoms with Crippen LogP contribution >= 0.6 is 22.7 Å². The minimum absolute atomic E-state index is 0.661. The maximum atomic E-state index is 6.09. The number of ether oxygens (including phenoxy) is 2. The third-order valence-corrected chi connectivity index (χ3v) is 6.21. The van der Waals surface area contributed by atoms with Crippen molar-refractivity contribution in [3.8, 4) is 11.5 Å². The Labute approximate surface area is 149 Å². The van der Waals surface area contributed by atoms with Crippen LogP contribution in [-0.4, -0.2) is 13.2 Å². The van der Waals surface area contributed by atoms with Crippen molar-refractivity contribution in [2.45, 2.75) is 27.7 Å². The fraction of sp³-hybridized carbons (Fsp3) is 0.300. The summed E-state index contributed by atoms with van der Waals surface area (Å²) in [5.74, 6) is 1.98. The first-order valence-corrected chi connectivity index (χ1v) is 9.91. The van der Waals surface area contributed by atoms with Crippen molar-refractivity contribution >= 4 is 53.6 Å². The summed E-state index contributed by atoms with van der Waals surface area (Å²) in [4.78, 5) is 2.61. The van der Waals surface area contributed by atoms with Gasteiger partial charge in [-0.05, 0) is 57.3 Å². The summed E-state index contributed by atoms with van der Waals surface area (Å²) >= 11 is 3.61. The van der Waals surface area contributed by atoms with E-state index in [1.165, 1.54) is 29.9 Å². The molecule has 24 heavy (non-hydrogen) atoms. The maximum absolute atomic E-state index is 6.09. The van der Waals surface area contributed by atoms with Gasteiger partial charge in [0.2, 0.25) is 0 Å². The molecule has 4 aromatic rings. The highest BCUT2D eigenvalue weighted by Crippen LogP contribution is 2.48. The Hall–Kier alpha value is -1.78. The minimum atomic E-state index is 0.661. The third-order valence-electron chi connectivity index (χ3n) is 4.15. The molecule has 4 rings (SSSR count). The van der Waals surface area contributed by atoms with Gasteiger partial charge >= 0.3 is 0 Å². The molecule has 2 aromatic carbocycles. The van der Waals surface area contributed by atoms with Crippen LogP contribution in [-0.2, 0) is 0 Å². The molecule has 4 heteroatoms. The van der Waals surface area contributed by atoms with E-state index in [4.69, 9.17) is 9.47 Å². The molecule has 0 unspecified atom stereocenters. The molecular formula is C20H20O2S2. The standard InChI is InChI=1S/C20H20O2S2/c1-5-21-18-15-10-17-13(7-11(3)23-17)9-14(15)19(22-6-2)20-16(18)8-12(4)24-20/h7-10H,5-6H2,1-4H3. The summed E-state index contributed by atoms with van der Waals surface area (Å²) in [5, 5.41) is 4.75. The molecule has 0 amide bonds. The van der Waals surface area contributed by atoms with Gasteiger partial charge in [0.25, 0.3) is 0 Å². The summed E-state index contributed by atoms with van der Waals surface area (Å²) in [6.07, 6.45) is 0. The number of benzene rings is 2. The molecule has 2 aromatic heterocycles. The molecule has 0 aliphatic rings. The molecule has 0 atom stereocenters. The van der Waals surface area contributed by atoms with Gasteiger partial charge in [0.15, 0.2) is 0 Å². The van der Waals surface area contributed by atoms with Crippen LogP contribution in [0.15, 0.2) is 24.3 Å². The van der Waals surface area contributed by atoms with Crippen molar-refractivity contribution in [1.29, 1.82) is 0 Å². The van der Waals surface area contributed by atoms with Gasteiger partial charge in [-0.25, -0.2) is 0 Å². The predicted molar refractivity (Wildman–Crippen MR) is 107 cm³/mol. The van der Waals surface area contributed by atoms with Crippen LogP contribution in [0, 0.1) is 13.8 Å². The van der Waals surface area contributed by atoms with Crippen LogP contribution in [0.1, 0.15) is 23.6 Å². The lowest BCUT2D eigenvalue weighted by atomic mass is 10.0. The molecule has 0 fully saturated rings. The van der Waals surface area contributed by atoms with E-state index in [2.05, 4.69) is 38.1 Å². The lowest BCUT2D eigenvalue weighted by Crippen LogP contribution is -1.97. The average molecular weight is 357 g/mol. The van der Waals surface area contributed by atoms with Gasteiger partial charge in [-0.15, -0.1) is 22.7 Å². The van der Waals surface area contributed by atoms with Gasteiger partial charge in [-0.1, -0.05) is 0 Å². The van der Waals surface area contributed by atoms with Crippen LogP contribution < -0.4 is 9.47 Å². The Morgan fingerprint density at radius 2 is 1.42 bits per heavy atom. The van der Waals surface area contributed by atoms with Gasteiger partial charge in [0, 0.05) is 30.6 Å². The van der Waals surface area contributed by atoms with E-state index < -0.39 is 0 Å². The highest BCUT2D eigenvalue weighted by Gasteiger charge is 2.19. The summed E-state index contributed by atoms with van der Waals surface area (Å²) in [5.41, 5.74) is 0. The molecular weight excluding hydrogens is 336 g/mol. The molecule has 2 heterocycles. The van der Waals surface area contributed by atoms with Crippen molar-refractivity contribution in [2.75, 3.05) is 13.2 Å². The molecule has 0 aliphatic carbocycles. The zero-order chi connectivity index (χ0) is 16.8. The fourth-order valence-electron chi connectivity index (χ4n) is 3.30. The minimum Gasteiger partial charge on any atom is -0.493 e. The van der Waals surface area contributed by atoms with E-state index >= 15 is 0 Å². The van der Waals surface area contributed by atoms with Gasteiger partial charge in [-0.2, -0.15) is 0 Å². The van der Waals surface area contributed by atoms with E-state index in [1.54, 1.807) is 11.3 Å². The smallest absolute Gasteiger partial charge is 0.145 e. The second-order valence-corrected chi connectivity index (χ2v) is 8.46. The molecule has 0 saturated carbocycles. The number of thiophene rings is 2. The molecule has 0 spiro atoms. The third kappa shape index (κ3) is 2.36. The van der Waals surface area contributed by atoms with Crippen molar-refractivity contribution in [2.24, 2.45) is 0 Å². The largest absolute Gasteiger partial charge is 0.493 e. The van der Waals surface area contributed by atoms with Crippen molar-refractivity contribution in [3.05, 3.63) is 34.0 Å². The first-order chi connectivity index (χ1) is 11.6. The monoisotopic (exact) mass is 356 g/mol. The van der Waals surface area contributed by atoms with Gasteiger partial charge < -0.3 is 9.47 Å². The average Bonchev–Trinajstić information content (AvgIpc) is 3.10. The van der Waals surface area contributed by atoms with Crippen molar-refractivity contribution in [3.63, 3.8) is 0 Å². The summed E-state index contributed by atoms with van der Waals surface area (Å²) in [6.45, 7) is 9.71. The topological polar surface area (TPSA) is 18.5 Å². The second-order valence-electron chi connectivity index (χ2n) is 5.92. The number of rotatable bonds is 4. The molecule has 0 N–H and O–H groups in total. The number of hydrogen-bond acceptors (Lipinski definition) is 4. The van der Waals surface area contributed by atoms with Crippen molar-refractivity contribution in [1.82, 2.24) is 0 Å². The Bertz CT molecular complexity index is 976. The normalized spacial score (nSPS) is 11.7. The quantitative estimate of drug-likeness (QED) is 0.406. The molecule has 124 valence electrons. The van der Waals surface area contributed by atoms with E-state index in [1.807, 2.05) is 25.2 Å². The highest BCUT2D eigenvalue weighted by atomic mass is 32.1. The van der Waals surface area contributed by atoms with Crippen LogP contribution in [0.2, 0.25) is 0 Å². The lowest BCUT2D eigenvalue weighted by Gasteiger charge is -2.14. The first-order valence-electron chi connectivity index (χ1n) is 8.28. The summed E-state index contributed by atoms with van der Waals surface area (Å²) < 4.78 is 14.7. The Morgan fingerprint density at radius 1 is 0.750 bits per heavy atom.